The largest absolute Gasteiger partial charge is 0.294 e. The molecule has 13 heavy (non-hydrogen) atoms. The Kier molecular flexibility index (Phi) is 3.54. The van der Waals surface area contributed by atoms with Gasteiger partial charge in [0, 0.05) is 18.4 Å². The molecule has 0 N–H and O–H groups in total. The summed E-state index contributed by atoms with van der Waals surface area (Å²) in [7, 11) is 0. The first-order valence-electron chi connectivity index (χ1n) is 3.97. The number of hydrogen-bond acceptors (Lipinski definition) is 1. The maximum Gasteiger partial charge on any atom is 0.165 e. The molecule has 0 saturated heterocycles. The Bertz CT molecular complexity index is 349. The molecular formula is C11H9ClO. The van der Waals surface area contributed by atoms with Crippen LogP contribution in [0.3, 0.4) is 0 Å². The van der Waals surface area contributed by atoms with Crippen molar-refractivity contribution in [3.8, 4) is 12.3 Å². The van der Waals surface area contributed by atoms with E-state index >= 15 is 0 Å². The highest BCUT2D eigenvalue weighted by Crippen LogP contribution is 2.16. The fourth-order valence-corrected chi connectivity index (χ4v) is 1.25. The van der Waals surface area contributed by atoms with Gasteiger partial charge in [-0.05, 0) is 12.1 Å². The van der Waals surface area contributed by atoms with E-state index in [1.54, 1.807) is 24.3 Å². The summed E-state index contributed by atoms with van der Waals surface area (Å²) in [5.41, 5.74) is 0.555. The number of benzene rings is 1. The Morgan fingerprint density at radius 3 is 2.77 bits per heavy atom. The second kappa shape index (κ2) is 4.69. The highest BCUT2D eigenvalue weighted by Gasteiger charge is 2.07. The molecule has 0 atom stereocenters. The van der Waals surface area contributed by atoms with E-state index in [2.05, 4.69) is 5.92 Å². The van der Waals surface area contributed by atoms with E-state index in [1.807, 2.05) is 0 Å². The van der Waals surface area contributed by atoms with Gasteiger partial charge < -0.3 is 0 Å². The van der Waals surface area contributed by atoms with Crippen molar-refractivity contribution in [2.24, 2.45) is 0 Å². The molecule has 0 aromatic heterocycles. The zero-order valence-corrected chi connectivity index (χ0v) is 7.84. The second-order valence-electron chi connectivity index (χ2n) is 2.61. The van der Waals surface area contributed by atoms with Crippen LogP contribution in [0.4, 0.5) is 0 Å². The maximum atomic E-state index is 11.4. The predicted molar refractivity (Wildman–Crippen MR) is 53.8 cm³/mol. The smallest absolute Gasteiger partial charge is 0.165 e. The molecule has 0 heterocycles. The van der Waals surface area contributed by atoms with Crippen LogP contribution in [0.2, 0.25) is 5.02 Å². The topological polar surface area (TPSA) is 17.1 Å². The molecule has 0 spiro atoms. The second-order valence-corrected chi connectivity index (χ2v) is 3.01. The molecule has 0 aliphatic heterocycles. The van der Waals surface area contributed by atoms with E-state index in [9.17, 15) is 4.79 Å². The number of ketones is 1. The standard InChI is InChI=1S/C11H9ClO/c1-2-3-8-11(13)9-6-4-5-7-10(9)12/h1,4-7H,3,8H2. The number of carbonyl (C=O) groups excluding carboxylic acids is 1. The normalized spacial score (nSPS) is 9.23. The van der Waals surface area contributed by atoms with Crippen LogP contribution < -0.4 is 0 Å². The lowest BCUT2D eigenvalue weighted by molar-refractivity contribution is 0.0984. The lowest BCUT2D eigenvalue weighted by atomic mass is 10.1. The molecule has 0 fully saturated rings. The highest BCUT2D eigenvalue weighted by molar-refractivity contribution is 6.33. The van der Waals surface area contributed by atoms with Gasteiger partial charge in [0.05, 0.1) is 5.02 Å². The maximum absolute atomic E-state index is 11.4. The SMILES string of the molecule is C#CCCC(=O)c1ccccc1Cl. The van der Waals surface area contributed by atoms with Gasteiger partial charge in [-0.25, -0.2) is 0 Å². The first-order valence-corrected chi connectivity index (χ1v) is 4.34. The summed E-state index contributed by atoms with van der Waals surface area (Å²) in [6, 6.07) is 6.99. The molecule has 0 unspecified atom stereocenters. The molecule has 0 bridgehead atoms. The Morgan fingerprint density at radius 1 is 1.46 bits per heavy atom. The molecule has 2 heteroatoms. The van der Waals surface area contributed by atoms with Crippen LogP contribution in [-0.4, -0.2) is 5.78 Å². The number of Topliss-reactive ketones (excluding diaryl/α,β-unsaturated/α-hetero) is 1. The molecule has 0 amide bonds. The molecule has 0 radical (unpaired) electrons. The van der Waals surface area contributed by atoms with E-state index in [4.69, 9.17) is 18.0 Å². The minimum Gasteiger partial charge on any atom is -0.294 e. The van der Waals surface area contributed by atoms with Crippen molar-refractivity contribution in [2.45, 2.75) is 12.8 Å². The van der Waals surface area contributed by atoms with Crippen LogP contribution in [0.15, 0.2) is 24.3 Å². The van der Waals surface area contributed by atoms with Crippen LogP contribution in [-0.2, 0) is 0 Å². The van der Waals surface area contributed by atoms with Crippen molar-refractivity contribution in [1.29, 1.82) is 0 Å². The molecule has 1 nitrogen and oxygen atoms in total. The molecule has 66 valence electrons. The van der Waals surface area contributed by atoms with Gasteiger partial charge in [0.2, 0.25) is 0 Å². The Morgan fingerprint density at radius 2 is 2.15 bits per heavy atom. The van der Waals surface area contributed by atoms with Crippen molar-refractivity contribution >= 4 is 17.4 Å². The fraction of sp³-hybridized carbons (Fsp3) is 0.182. The lowest BCUT2D eigenvalue weighted by Crippen LogP contribution is -1.98. The van der Waals surface area contributed by atoms with Crippen LogP contribution in [0, 0.1) is 12.3 Å². The average Bonchev–Trinajstić information content (AvgIpc) is 2.15. The first-order chi connectivity index (χ1) is 6.25. The van der Waals surface area contributed by atoms with Crippen LogP contribution in [0.1, 0.15) is 23.2 Å². The highest BCUT2D eigenvalue weighted by atomic mass is 35.5. The fourth-order valence-electron chi connectivity index (χ4n) is 1.01. The zero-order valence-electron chi connectivity index (χ0n) is 7.09. The van der Waals surface area contributed by atoms with Gasteiger partial charge in [-0.1, -0.05) is 23.7 Å². The van der Waals surface area contributed by atoms with Crippen LogP contribution >= 0.6 is 11.6 Å². The number of carbonyl (C=O) groups is 1. The Labute approximate surface area is 82.7 Å². The molecule has 0 aliphatic rings. The van der Waals surface area contributed by atoms with E-state index in [0.717, 1.165) is 0 Å². The molecule has 0 saturated carbocycles. The average molecular weight is 193 g/mol. The third-order valence-electron chi connectivity index (χ3n) is 1.67. The van der Waals surface area contributed by atoms with Gasteiger partial charge in [-0.15, -0.1) is 12.3 Å². The quantitative estimate of drug-likeness (QED) is 0.532. The van der Waals surface area contributed by atoms with Gasteiger partial charge in [-0.3, -0.25) is 4.79 Å². The molecule has 1 rings (SSSR count). The summed E-state index contributed by atoms with van der Waals surface area (Å²) in [5.74, 6) is 2.43. The minimum absolute atomic E-state index is 0.00329. The molecule has 1 aromatic rings. The summed E-state index contributed by atoms with van der Waals surface area (Å²) in [6.45, 7) is 0. The van der Waals surface area contributed by atoms with E-state index in [0.29, 0.717) is 23.4 Å². The predicted octanol–water partition coefficient (Wildman–Crippen LogP) is 2.94. The number of halogens is 1. The summed E-state index contributed by atoms with van der Waals surface area (Å²) >= 11 is 5.83. The number of terminal acetylenes is 1. The summed E-state index contributed by atoms with van der Waals surface area (Å²) in [5, 5.41) is 0.490. The van der Waals surface area contributed by atoms with Gasteiger partial charge >= 0.3 is 0 Å². The first kappa shape index (κ1) is 9.83. The third-order valence-corrected chi connectivity index (χ3v) is 2.00. The summed E-state index contributed by atoms with van der Waals surface area (Å²) < 4.78 is 0. The monoisotopic (exact) mass is 192 g/mol. The van der Waals surface area contributed by atoms with Crippen molar-refractivity contribution < 1.29 is 4.79 Å². The van der Waals surface area contributed by atoms with Gasteiger partial charge in [0.1, 0.15) is 0 Å². The van der Waals surface area contributed by atoms with Gasteiger partial charge in [-0.2, -0.15) is 0 Å². The minimum atomic E-state index is 0.00329. The number of rotatable bonds is 3. The molecular weight excluding hydrogens is 184 g/mol. The molecule has 1 aromatic carbocycles. The van der Waals surface area contributed by atoms with Crippen molar-refractivity contribution in [2.75, 3.05) is 0 Å². The van der Waals surface area contributed by atoms with E-state index in [1.165, 1.54) is 0 Å². The van der Waals surface area contributed by atoms with Crippen LogP contribution in [0.5, 0.6) is 0 Å². The molecule has 0 aliphatic carbocycles. The Balaban J connectivity index is 2.78. The van der Waals surface area contributed by atoms with Crippen molar-refractivity contribution in [3.05, 3.63) is 34.9 Å². The van der Waals surface area contributed by atoms with E-state index in [-0.39, 0.29) is 5.78 Å². The van der Waals surface area contributed by atoms with Crippen molar-refractivity contribution in [3.63, 3.8) is 0 Å². The number of hydrogen-bond donors (Lipinski definition) is 0. The third kappa shape index (κ3) is 2.61. The van der Waals surface area contributed by atoms with Gasteiger partial charge in [0.25, 0.3) is 0 Å². The van der Waals surface area contributed by atoms with Crippen LogP contribution in [0.25, 0.3) is 0 Å². The van der Waals surface area contributed by atoms with Gasteiger partial charge in [0.15, 0.2) is 5.78 Å². The zero-order chi connectivity index (χ0) is 9.68. The van der Waals surface area contributed by atoms with E-state index < -0.39 is 0 Å². The van der Waals surface area contributed by atoms with Crippen molar-refractivity contribution in [1.82, 2.24) is 0 Å². The summed E-state index contributed by atoms with van der Waals surface area (Å²) in [4.78, 5) is 11.4. The Hall–Kier alpha value is -1.26. The lowest BCUT2D eigenvalue weighted by Gasteiger charge is -2.00. The summed E-state index contributed by atoms with van der Waals surface area (Å²) in [6.07, 6.45) is 5.88.